The number of ether oxygens (including phenoxy) is 1. The van der Waals surface area contributed by atoms with E-state index in [1.165, 1.54) is 0 Å². The maximum Gasteiger partial charge on any atom is 0.410 e. The number of fused-ring (bicyclic) bond motifs is 1. The molecule has 2 fully saturated rings. The molecule has 0 aromatic rings. The smallest absolute Gasteiger partial charge is 0.410 e. The monoisotopic (exact) mass is 255 g/mol. The molecule has 0 aromatic carbocycles. The second-order valence-corrected chi connectivity index (χ2v) is 5.87. The quantitative estimate of drug-likeness (QED) is 0.643. The Balaban J connectivity index is 1.98. The fourth-order valence-corrected chi connectivity index (χ4v) is 2.30. The molecule has 2 atom stereocenters. The molecule has 2 unspecified atom stereocenters. The van der Waals surface area contributed by atoms with Crippen molar-refractivity contribution in [1.82, 2.24) is 15.5 Å². The van der Waals surface area contributed by atoms with Gasteiger partial charge < -0.3 is 20.3 Å². The Kier molecular flexibility index (Phi) is 3.47. The molecule has 2 amide bonds. The van der Waals surface area contributed by atoms with Crippen molar-refractivity contribution < 1.29 is 14.3 Å². The van der Waals surface area contributed by atoms with Gasteiger partial charge in [0.15, 0.2) is 0 Å². The standard InChI is InChI=1S/C12H21N3O3/c1-12(2,3)18-11(17)15-5-4-13-8-6-10(16)14-9(8)7-15/h8-9,13H,4-7H2,1-3H3,(H,14,16). The number of amides is 2. The first-order valence-electron chi connectivity index (χ1n) is 6.36. The molecule has 6 heteroatoms. The van der Waals surface area contributed by atoms with Crippen LogP contribution >= 0.6 is 0 Å². The SMILES string of the molecule is CC(C)(C)OC(=O)N1CCNC2CC(=O)NC2C1. The Hall–Kier alpha value is -1.30. The van der Waals surface area contributed by atoms with Gasteiger partial charge in [-0.1, -0.05) is 0 Å². The van der Waals surface area contributed by atoms with E-state index >= 15 is 0 Å². The first kappa shape index (κ1) is 13.1. The summed E-state index contributed by atoms with van der Waals surface area (Å²) < 4.78 is 5.35. The number of hydrogen-bond donors (Lipinski definition) is 2. The number of hydrogen-bond acceptors (Lipinski definition) is 4. The Morgan fingerprint density at radius 1 is 1.39 bits per heavy atom. The zero-order chi connectivity index (χ0) is 13.3. The van der Waals surface area contributed by atoms with Crippen LogP contribution in [0.4, 0.5) is 4.79 Å². The molecule has 2 N–H and O–H groups in total. The largest absolute Gasteiger partial charge is 0.444 e. The minimum absolute atomic E-state index is 0.00693. The van der Waals surface area contributed by atoms with E-state index < -0.39 is 5.60 Å². The Labute approximate surface area is 107 Å². The van der Waals surface area contributed by atoms with Crippen molar-refractivity contribution in [2.45, 2.75) is 44.9 Å². The van der Waals surface area contributed by atoms with E-state index in [1.807, 2.05) is 20.8 Å². The van der Waals surface area contributed by atoms with Crippen LogP contribution in [0.1, 0.15) is 27.2 Å². The molecule has 0 radical (unpaired) electrons. The van der Waals surface area contributed by atoms with Crippen LogP contribution in [-0.4, -0.2) is 54.2 Å². The molecule has 0 aliphatic carbocycles. The highest BCUT2D eigenvalue weighted by molar-refractivity contribution is 5.80. The highest BCUT2D eigenvalue weighted by atomic mass is 16.6. The summed E-state index contributed by atoms with van der Waals surface area (Å²) in [6.07, 6.45) is 0.179. The lowest BCUT2D eigenvalue weighted by Crippen LogP contribution is -2.46. The molecule has 0 aromatic heterocycles. The predicted octanol–water partition coefficient (Wildman–Crippen LogP) is 0.0838. The normalized spacial score (nSPS) is 28.4. The Morgan fingerprint density at radius 2 is 2.11 bits per heavy atom. The van der Waals surface area contributed by atoms with Crippen LogP contribution in [0.3, 0.4) is 0 Å². The zero-order valence-corrected chi connectivity index (χ0v) is 11.2. The Bertz CT molecular complexity index is 351. The summed E-state index contributed by atoms with van der Waals surface area (Å²) in [5.74, 6) is 0.0449. The van der Waals surface area contributed by atoms with Crippen molar-refractivity contribution in [3.8, 4) is 0 Å². The topological polar surface area (TPSA) is 70.7 Å². The number of nitrogens with one attached hydrogen (secondary N) is 2. The summed E-state index contributed by atoms with van der Waals surface area (Å²) >= 11 is 0. The number of carbonyl (C=O) groups is 2. The van der Waals surface area contributed by atoms with Gasteiger partial charge in [0.05, 0.1) is 6.04 Å². The van der Waals surface area contributed by atoms with Crippen LogP contribution in [0.25, 0.3) is 0 Å². The zero-order valence-electron chi connectivity index (χ0n) is 11.2. The summed E-state index contributed by atoms with van der Waals surface area (Å²) in [5, 5.41) is 6.18. The number of carbonyl (C=O) groups excluding carboxylic acids is 2. The van der Waals surface area contributed by atoms with Crippen LogP contribution in [0, 0.1) is 0 Å². The summed E-state index contributed by atoms with van der Waals surface area (Å²) in [7, 11) is 0. The molecule has 0 bridgehead atoms. The van der Waals surface area contributed by atoms with Crippen molar-refractivity contribution in [3.63, 3.8) is 0 Å². The summed E-state index contributed by atoms with van der Waals surface area (Å²) in [5.41, 5.74) is -0.491. The molecule has 2 rings (SSSR count). The van der Waals surface area contributed by atoms with Gasteiger partial charge in [0.1, 0.15) is 5.60 Å². The van der Waals surface area contributed by atoms with Gasteiger partial charge in [0.2, 0.25) is 5.91 Å². The average molecular weight is 255 g/mol. The van der Waals surface area contributed by atoms with Gasteiger partial charge in [-0.2, -0.15) is 0 Å². The molecule has 18 heavy (non-hydrogen) atoms. The lowest BCUT2D eigenvalue weighted by Gasteiger charge is -2.27. The summed E-state index contributed by atoms with van der Waals surface area (Å²) in [6, 6.07) is 0.123. The average Bonchev–Trinajstić information content (AvgIpc) is 2.43. The van der Waals surface area contributed by atoms with E-state index in [0.29, 0.717) is 26.1 Å². The van der Waals surface area contributed by atoms with Gasteiger partial charge >= 0.3 is 6.09 Å². The predicted molar refractivity (Wildman–Crippen MR) is 66.1 cm³/mol. The van der Waals surface area contributed by atoms with Crippen molar-refractivity contribution >= 4 is 12.0 Å². The fourth-order valence-electron chi connectivity index (χ4n) is 2.30. The van der Waals surface area contributed by atoms with Crippen LogP contribution < -0.4 is 10.6 Å². The molecule has 6 nitrogen and oxygen atoms in total. The van der Waals surface area contributed by atoms with Gasteiger partial charge in [0, 0.05) is 32.1 Å². The third-order valence-corrected chi connectivity index (χ3v) is 3.09. The third-order valence-electron chi connectivity index (χ3n) is 3.09. The van der Waals surface area contributed by atoms with Gasteiger partial charge in [-0.15, -0.1) is 0 Å². The highest BCUT2D eigenvalue weighted by Crippen LogP contribution is 2.15. The van der Waals surface area contributed by atoms with Crippen molar-refractivity contribution in [2.75, 3.05) is 19.6 Å². The van der Waals surface area contributed by atoms with E-state index in [1.54, 1.807) is 4.90 Å². The van der Waals surface area contributed by atoms with Crippen LogP contribution in [0.5, 0.6) is 0 Å². The molecule has 102 valence electrons. The second kappa shape index (κ2) is 4.76. The first-order valence-corrected chi connectivity index (χ1v) is 6.36. The minimum atomic E-state index is -0.491. The minimum Gasteiger partial charge on any atom is -0.444 e. The van der Waals surface area contributed by atoms with Crippen LogP contribution in [-0.2, 0) is 9.53 Å². The maximum atomic E-state index is 12.0. The van der Waals surface area contributed by atoms with Gasteiger partial charge in [-0.05, 0) is 20.8 Å². The molecule has 2 heterocycles. The van der Waals surface area contributed by atoms with Crippen molar-refractivity contribution in [1.29, 1.82) is 0 Å². The van der Waals surface area contributed by atoms with Gasteiger partial charge in [0.25, 0.3) is 0 Å². The number of rotatable bonds is 0. The lowest BCUT2D eigenvalue weighted by atomic mass is 10.1. The van der Waals surface area contributed by atoms with E-state index in [-0.39, 0.29) is 24.1 Å². The first-order chi connectivity index (χ1) is 8.35. The van der Waals surface area contributed by atoms with Crippen molar-refractivity contribution in [3.05, 3.63) is 0 Å². The molecular weight excluding hydrogens is 234 g/mol. The lowest BCUT2D eigenvalue weighted by molar-refractivity contribution is -0.119. The Morgan fingerprint density at radius 3 is 2.78 bits per heavy atom. The van der Waals surface area contributed by atoms with Crippen LogP contribution in [0.2, 0.25) is 0 Å². The number of nitrogens with zero attached hydrogens (tertiary/aromatic N) is 1. The van der Waals surface area contributed by atoms with Crippen molar-refractivity contribution in [2.24, 2.45) is 0 Å². The fraction of sp³-hybridized carbons (Fsp3) is 0.833. The molecular formula is C12H21N3O3. The van der Waals surface area contributed by atoms with E-state index in [2.05, 4.69) is 10.6 Å². The van der Waals surface area contributed by atoms with E-state index in [0.717, 1.165) is 0 Å². The summed E-state index contributed by atoms with van der Waals surface area (Å²) in [6.45, 7) is 7.36. The second-order valence-electron chi connectivity index (χ2n) is 5.87. The summed E-state index contributed by atoms with van der Waals surface area (Å²) in [4.78, 5) is 25.0. The third kappa shape index (κ3) is 3.13. The molecule has 2 aliphatic rings. The maximum absolute atomic E-state index is 12.0. The highest BCUT2D eigenvalue weighted by Gasteiger charge is 2.37. The van der Waals surface area contributed by atoms with E-state index in [4.69, 9.17) is 4.74 Å². The molecule has 0 spiro atoms. The molecule has 0 saturated carbocycles. The van der Waals surface area contributed by atoms with Gasteiger partial charge in [-0.25, -0.2) is 4.79 Å². The molecule has 2 aliphatic heterocycles. The molecule has 2 saturated heterocycles. The van der Waals surface area contributed by atoms with Crippen LogP contribution in [0.15, 0.2) is 0 Å². The van der Waals surface area contributed by atoms with Gasteiger partial charge in [-0.3, -0.25) is 4.79 Å². The van der Waals surface area contributed by atoms with E-state index in [9.17, 15) is 9.59 Å².